The molecule has 0 aliphatic heterocycles. The van der Waals surface area contributed by atoms with E-state index in [1.54, 1.807) is 24.3 Å². The number of carbonyl (C=O) groups excluding carboxylic acids is 1. The van der Waals surface area contributed by atoms with E-state index >= 15 is 0 Å². The summed E-state index contributed by atoms with van der Waals surface area (Å²) >= 11 is 0. The molecule has 0 heterocycles. The van der Waals surface area contributed by atoms with E-state index in [4.69, 9.17) is 9.84 Å². The van der Waals surface area contributed by atoms with Crippen molar-refractivity contribution >= 4 is 22.7 Å². The van der Waals surface area contributed by atoms with Gasteiger partial charge in [0.05, 0.1) is 11.1 Å². The number of carboxylic acid groups (broad SMARTS) is 1. The summed E-state index contributed by atoms with van der Waals surface area (Å²) in [6, 6.07) is 9.73. The Morgan fingerprint density at radius 3 is 2.26 bits per heavy atom. The molecule has 0 unspecified atom stereocenters. The molecule has 19 heavy (non-hydrogen) atoms. The average Bonchev–Trinajstić information content (AvgIpc) is 2.43. The fourth-order valence-electron chi connectivity index (χ4n) is 1.88. The van der Waals surface area contributed by atoms with Gasteiger partial charge in [-0.25, -0.2) is 9.59 Å². The van der Waals surface area contributed by atoms with Gasteiger partial charge in [-0.15, -0.1) is 0 Å². The molecule has 0 saturated carbocycles. The Labute approximate surface area is 109 Å². The van der Waals surface area contributed by atoms with Crippen LogP contribution in [-0.4, -0.2) is 23.7 Å². The predicted molar refractivity (Wildman–Crippen MR) is 71.4 cm³/mol. The molecule has 0 atom stereocenters. The molecule has 4 nitrogen and oxygen atoms in total. The number of fused-ring (bicyclic) bond motifs is 1. The lowest BCUT2D eigenvalue weighted by molar-refractivity contribution is 0.0551. The largest absolute Gasteiger partial charge is 0.478 e. The van der Waals surface area contributed by atoms with E-state index in [-0.39, 0.29) is 12.2 Å². The van der Waals surface area contributed by atoms with Crippen LogP contribution in [0.3, 0.4) is 0 Å². The first-order valence-electron chi connectivity index (χ1n) is 5.68. The maximum Gasteiger partial charge on any atom is 0.339 e. The molecule has 2 rings (SSSR count). The minimum Gasteiger partial charge on any atom is -0.478 e. The van der Waals surface area contributed by atoms with Crippen molar-refractivity contribution < 1.29 is 19.4 Å². The molecule has 1 N–H and O–H groups in total. The van der Waals surface area contributed by atoms with Crippen molar-refractivity contribution in [2.24, 2.45) is 0 Å². The van der Waals surface area contributed by atoms with Crippen LogP contribution < -0.4 is 0 Å². The summed E-state index contributed by atoms with van der Waals surface area (Å²) in [5, 5.41) is 10.2. The lowest BCUT2D eigenvalue weighted by Crippen LogP contribution is -2.07. The summed E-state index contributed by atoms with van der Waals surface area (Å²) < 4.78 is 4.98. The first-order valence-corrected chi connectivity index (χ1v) is 5.68. The highest BCUT2D eigenvalue weighted by Gasteiger charge is 2.15. The van der Waals surface area contributed by atoms with Crippen LogP contribution in [0.1, 0.15) is 20.7 Å². The van der Waals surface area contributed by atoms with Crippen molar-refractivity contribution in [1.29, 1.82) is 0 Å². The van der Waals surface area contributed by atoms with Gasteiger partial charge in [-0.05, 0) is 22.9 Å². The number of rotatable bonds is 4. The van der Waals surface area contributed by atoms with Crippen molar-refractivity contribution in [2.45, 2.75) is 0 Å². The zero-order valence-corrected chi connectivity index (χ0v) is 10.1. The average molecular weight is 256 g/mol. The Balaban J connectivity index is 2.58. The van der Waals surface area contributed by atoms with E-state index in [9.17, 15) is 9.59 Å². The Morgan fingerprint density at radius 1 is 1.11 bits per heavy atom. The van der Waals surface area contributed by atoms with E-state index in [1.165, 1.54) is 18.2 Å². The number of aromatic carboxylic acids is 1. The lowest BCUT2D eigenvalue weighted by atomic mass is 9.99. The Morgan fingerprint density at radius 2 is 1.68 bits per heavy atom. The lowest BCUT2D eigenvalue weighted by Gasteiger charge is -2.08. The quantitative estimate of drug-likeness (QED) is 0.674. The molecular formula is C15H12O4. The summed E-state index contributed by atoms with van der Waals surface area (Å²) in [6.45, 7) is 3.59. The Kier molecular flexibility index (Phi) is 3.61. The van der Waals surface area contributed by atoms with E-state index < -0.39 is 11.9 Å². The van der Waals surface area contributed by atoms with Crippen LogP contribution in [0, 0.1) is 0 Å². The fraction of sp³-hybridized carbons (Fsp3) is 0.0667. The summed E-state index contributed by atoms with van der Waals surface area (Å²) in [5.74, 6) is -1.52. The smallest absolute Gasteiger partial charge is 0.339 e. The molecule has 0 fully saturated rings. The molecule has 0 bridgehead atoms. The van der Waals surface area contributed by atoms with E-state index in [0.717, 1.165) is 0 Å². The van der Waals surface area contributed by atoms with Crippen molar-refractivity contribution in [2.75, 3.05) is 6.61 Å². The van der Waals surface area contributed by atoms with Crippen LogP contribution >= 0.6 is 0 Å². The second-order valence-electron chi connectivity index (χ2n) is 3.90. The summed E-state index contributed by atoms with van der Waals surface area (Å²) in [7, 11) is 0. The van der Waals surface area contributed by atoms with Crippen molar-refractivity contribution in [1.82, 2.24) is 0 Å². The molecule has 2 aromatic rings. The zero-order valence-electron chi connectivity index (χ0n) is 10.1. The molecule has 0 spiro atoms. The number of hydrogen-bond donors (Lipinski definition) is 1. The standard InChI is InChI=1S/C15H12O4/c1-2-9-19-15(18)13-8-7-12(14(16)17)10-5-3-4-6-11(10)13/h2-8H,1,9H2,(H,16,17). The first-order chi connectivity index (χ1) is 9.15. The second kappa shape index (κ2) is 5.35. The van der Waals surface area contributed by atoms with Crippen LogP contribution in [0.5, 0.6) is 0 Å². The second-order valence-corrected chi connectivity index (χ2v) is 3.90. The first kappa shape index (κ1) is 12.8. The van der Waals surface area contributed by atoms with Gasteiger partial charge in [0.2, 0.25) is 0 Å². The van der Waals surface area contributed by atoms with Crippen LogP contribution in [-0.2, 0) is 4.74 Å². The number of hydrogen-bond acceptors (Lipinski definition) is 3. The Hall–Kier alpha value is -2.62. The van der Waals surface area contributed by atoms with Crippen molar-refractivity contribution in [3.8, 4) is 0 Å². The zero-order chi connectivity index (χ0) is 13.8. The van der Waals surface area contributed by atoms with Gasteiger partial charge in [-0.2, -0.15) is 0 Å². The number of esters is 1. The van der Waals surface area contributed by atoms with Crippen molar-refractivity contribution in [3.05, 3.63) is 60.2 Å². The molecule has 2 aromatic carbocycles. The summed E-state index contributed by atoms with van der Waals surface area (Å²) in [4.78, 5) is 23.0. The number of carboxylic acids is 1. The molecule has 96 valence electrons. The van der Waals surface area contributed by atoms with Gasteiger partial charge in [0.25, 0.3) is 0 Å². The molecule has 0 radical (unpaired) electrons. The topological polar surface area (TPSA) is 63.6 Å². The van der Waals surface area contributed by atoms with Gasteiger partial charge < -0.3 is 9.84 Å². The van der Waals surface area contributed by atoms with Crippen LogP contribution in [0.4, 0.5) is 0 Å². The van der Waals surface area contributed by atoms with Gasteiger partial charge in [0, 0.05) is 0 Å². The minimum atomic E-state index is -1.03. The molecule has 0 amide bonds. The highest BCUT2D eigenvalue weighted by molar-refractivity contribution is 6.11. The van der Waals surface area contributed by atoms with E-state index in [0.29, 0.717) is 16.3 Å². The van der Waals surface area contributed by atoms with Gasteiger partial charge >= 0.3 is 11.9 Å². The molecular weight excluding hydrogens is 244 g/mol. The number of carbonyl (C=O) groups is 2. The van der Waals surface area contributed by atoms with Gasteiger partial charge in [0.1, 0.15) is 6.61 Å². The summed E-state index contributed by atoms with van der Waals surface area (Å²) in [5.41, 5.74) is 0.512. The molecule has 4 heteroatoms. The van der Waals surface area contributed by atoms with E-state index in [1.807, 2.05) is 0 Å². The third kappa shape index (κ3) is 2.47. The number of benzene rings is 2. The predicted octanol–water partition coefficient (Wildman–Crippen LogP) is 2.88. The Bertz CT molecular complexity index is 658. The molecule has 0 saturated heterocycles. The fourth-order valence-corrected chi connectivity index (χ4v) is 1.88. The molecule has 0 aromatic heterocycles. The van der Waals surface area contributed by atoms with Crippen LogP contribution in [0.15, 0.2) is 49.1 Å². The normalized spacial score (nSPS) is 10.1. The SMILES string of the molecule is C=CCOC(=O)c1ccc(C(=O)O)c2ccccc12. The van der Waals surface area contributed by atoms with Crippen molar-refractivity contribution in [3.63, 3.8) is 0 Å². The van der Waals surface area contributed by atoms with Gasteiger partial charge in [-0.3, -0.25) is 0 Å². The third-order valence-electron chi connectivity index (χ3n) is 2.71. The van der Waals surface area contributed by atoms with Gasteiger partial charge in [0.15, 0.2) is 0 Å². The van der Waals surface area contributed by atoms with Gasteiger partial charge in [-0.1, -0.05) is 36.9 Å². The third-order valence-corrected chi connectivity index (χ3v) is 2.71. The highest BCUT2D eigenvalue weighted by Crippen LogP contribution is 2.23. The number of ether oxygens (including phenoxy) is 1. The minimum absolute atomic E-state index is 0.119. The van der Waals surface area contributed by atoms with Crippen LogP contribution in [0.25, 0.3) is 10.8 Å². The molecule has 0 aliphatic carbocycles. The monoisotopic (exact) mass is 256 g/mol. The maximum atomic E-state index is 11.9. The molecule has 0 aliphatic rings. The summed E-state index contributed by atoms with van der Waals surface area (Å²) in [6.07, 6.45) is 1.48. The maximum absolute atomic E-state index is 11.9. The van der Waals surface area contributed by atoms with E-state index in [2.05, 4.69) is 6.58 Å². The van der Waals surface area contributed by atoms with Crippen LogP contribution in [0.2, 0.25) is 0 Å². The highest BCUT2D eigenvalue weighted by atomic mass is 16.5.